The van der Waals surface area contributed by atoms with Crippen molar-refractivity contribution < 1.29 is 27.8 Å². The van der Waals surface area contributed by atoms with Gasteiger partial charge in [0.05, 0.1) is 6.54 Å². The molecule has 1 aromatic rings. The fourth-order valence-electron chi connectivity index (χ4n) is 1.81. The van der Waals surface area contributed by atoms with Gasteiger partial charge in [0, 0.05) is 13.1 Å². The van der Waals surface area contributed by atoms with E-state index in [-0.39, 0.29) is 18.9 Å². The Labute approximate surface area is 100 Å². The molecule has 18 heavy (non-hydrogen) atoms. The van der Waals surface area contributed by atoms with Crippen molar-refractivity contribution in [3.05, 3.63) is 11.8 Å². The monoisotopic (exact) mass is 265 g/mol. The molecule has 2 amide bonds. The number of nitrogens with zero attached hydrogens (tertiary/aromatic N) is 4. The predicted octanol–water partition coefficient (Wildman–Crippen LogP) is 1.21. The van der Waals surface area contributed by atoms with Gasteiger partial charge in [0.2, 0.25) is 0 Å². The highest BCUT2D eigenvalue weighted by Crippen LogP contribution is 2.32. The first-order valence-electron chi connectivity index (χ1n) is 5.14. The number of carbonyl (C=O) groups excluding carboxylic acids is 1. The topological polar surface area (TPSA) is 58.4 Å². The summed E-state index contributed by atoms with van der Waals surface area (Å²) in [6.45, 7) is 0.233. The molecule has 2 heterocycles. The lowest BCUT2D eigenvalue weighted by Gasteiger charge is -2.15. The first kappa shape index (κ1) is 12.8. The zero-order valence-corrected chi connectivity index (χ0v) is 9.77. The number of aromatic nitrogens is 2. The van der Waals surface area contributed by atoms with Gasteiger partial charge in [-0.15, -0.1) is 4.65 Å². The average Bonchev–Trinajstić information content (AvgIpc) is 2.69. The van der Waals surface area contributed by atoms with Gasteiger partial charge in [-0.3, -0.25) is 4.68 Å². The van der Waals surface area contributed by atoms with E-state index in [9.17, 15) is 23.2 Å². The van der Waals surface area contributed by atoms with Crippen LogP contribution in [0.5, 0.6) is 0 Å². The molecule has 0 saturated carbocycles. The second-order valence-corrected chi connectivity index (χ2v) is 4.31. The van der Waals surface area contributed by atoms with Crippen molar-refractivity contribution in [3.63, 3.8) is 0 Å². The third-order valence-electron chi connectivity index (χ3n) is 2.84. The number of anilines is 1. The van der Waals surface area contributed by atoms with Crippen LogP contribution in [-0.4, -0.2) is 45.8 Å². The van der Waals surface area contributed by atoms with Gasteiger partial charge in [-0.25, -0.2) is 14.9 Å². The van der Waals surface area contributed by atoms with Crippen molar-refractivity contribution in [2.24, 2.45) is 7.05 Å². The highest BCUT2D eigenvalue weighted by Gasteiger charge is 2.46. The Morgan fingerprint density at radius 2 is 2.11 bits per heavy atom. The Bertz CT molecular complexity index is 494. The lowest BCUT2D eigenvalue weighted by molar-refractivity contribution is -1.01. The SMILES string of the molecule is Cn1nc(N2CC[N+](C)(O)C2=O)cc1C(F)(F)F. The summed E-state index contributed by atoms with van der Waals surface area (Å²) in [5, 5.41) is 13.3. The third-order valence-corrected chi connectivity index (χ3v) is 2.84. The molecule has 0 bridgehead atoms. The summed E-state index contributed by atoms with van der Waals surface area (Å²) in [6, 6.07) is 0.102. The summed E-state index contributed by atoms with van der Waals surface area (Å²) in [4.78, 5) is 12.8. The molecular formula is C9H12F3N4O2+. The van der Waals surface area contributed by atoms with Crippen LogP contribution in [0.15, 0.2) is 6.07 Å². The standard InChI is InChI=1S/C9H12F3N4O2/c1-14-6(9(10,11)12)5-7(13-14)15-3-4-16(2,18)8(15)17/h5,18H,3-4H2,1-2H3/q+1. The van der Waals surface area contributed by atoms with Crippen LogP contribution >= 0.6 is 0 Å². The molecule has 1 aliphatic rings. The highest BCUT2D eigenvalue weighted by atomic mass is 19.4. The summed E-state index contributed by atoms with van der Waals surface area (Å²) in [5.41, 5.74) is -0.940. The number of halogens is 3. The van der Waals surface area contributed by atoms with Gasteiger partial charge in [-0.05, 0) is 0 Å². The maximum Gasteiger partial charge on any atom is 0.457 e. The predicted molar refractivity (Wildman–Crippen MR) is 53.8 cm³/mol. The first-order chi connectivity index (χ1) is 8.13. The molecule has 1 aromatic heterocycles. The van der Waals surface area contributed by atoms with Crippen molar-refractivity contribution in [1.29, 1.82) is 0 Å². The van der Waals surface area contributed by atoms with E-state index in [1.165, 1.54) is 7.05 Å². The minimum atomic E-state index is -4.53. The number of hydroxylamine groups is 3. The molecule has 9 heteroatoms. The third kappa shape index (κ3) is 1.95. The number of urea groups is 1. The first-order valence-corrected chi connectivity index (χ1v) is 5.14. The molecule has 2 rings (SSSR count). The van der Waals surface area contributed by atoms with Crippen LogP contribution in [0.4, 0.5) is 23.8 Å². The van der Waals surface area contributed by atoms with Crippen LogP contribution in [0, 0.1) is 0 Å². The molecule has 0 aromatic carbocycles. The number of amides is 2. The van der Waals surface area contributed by atoms with Crippen LogP contribution in [-0.2, 0) is 13.2 Å². The van der Waals surface area contributed by atoms with E-state index in [2.05, 4.69) is 5.10 Å². The van der Waals surface area contributed by atoms with Gasteiger partial charge >= 0.3 is 12.2 Å². The number of alkyl halides is 3. The van der Waals surface area contributed by atoms with Crippen LogP contribution in [0.2, 0.25) is 0 Å². The van der Waals surface area contributed by atoms with Crippen molar-refractivity contribution >= 4 is 11.8 Å². The number of quaternary nitrogens is 1. The maximum absolute atomic E-state index is 12.6. The fraction of sp³-hybridized carbons (Fsp3) is 0.556. The smallest absolute Gasteiger partial charge is 0.261 e. The summed E-state index contributed by atoms with van der Waals surface area (Å²) >= 11 is 0. The van der Waals surface area contributed by atoms with Crippen LogP contribution in [0.25, 0.3) is 0 Å². The normalized spacial score (nSPS) is 25.0. The fourth-order valence-corrected chi connectivity index (χ4v) is 1.81. The average molecular weight is 265 g/mol. The molecule has 0 spiro atoms. The van der Waals surface area contributed by atoms with E-state index in [0.717, 1.165) is 18.0 Å². The number of hydrogen-bond acceptors (Lipinski definition) is 3. The second kappa shape index (κ2) is 3.69. The van der Waals surface area contributed by atoms with Gasteiger partial charge in [0.25, 0.3) is 0 Å². The number of hydrogen-bond donors (Lipinski definition) is 1. The quantitative estimate of drug-likeness (QED) is 0.613. The van der Waals surface area contributed by atoms with E-state index in [1.807, 2.05) is 0 Å². The second-order valence-electron chi connectivity index (χ2n) is 4.31. The van der Waals surface area contributed by atoms with Crippen molar-refractivity contribution in [2.45, 2.75) is 6.18 Å². The van der Waals surface area contributed by atoms with Gasteiger partial charge in [0.15, 0.2) is 5.82 Å². The van der Waals surface area contributed by atoms with Crippen molar-refractivity contribution in [2.75, 3.05) is 25.0 Å². The van der Waals surface area contributed by atoms with E-state index in [1.54, 1.807) is 0 Å². The maximum atomic E-state index is 12.6. The molecule has 1 fully saturated rings. The molecule has 0 aliphatic carbocycles. The van der Waals surface area contributed by atoms with Gasteiger partial charge in [-0.2, -0.15) is 18.3 Å². The summed E-state index contributed by atoms with van der Waals surface area (Å²) in [7, 11) is 2.43. The lowest BCUT2D eigenvalue weighted by atomic mass is 10.4. The molecule has 0 radical (unpaired) electrons. The Hall–Kier alpha value is -1.61. The minimum Gasteiger partial charge on any atom is -0.261 e. The minimum absolute atomic E-state index is 0.106. The number of rotatable bonds is 1. The molecule has 6 nitrogen and oxygen atoms in total. The van der Waals surface area contributed by atoms with Crippen LogP contribution in [0.3, 0.4) is 0 Å². The van der Waals surface area contributed by atoms with Crippen LogP contribution in [0.1, 0.15) is 5.69 Å². The zero-order valence-electron chi connectivity index (χ0n) is 9.77. The summed E-state index contributed by atoms with van der Waals surface area (Å²) < 4.78 is 37.5. The molecule has 1 unspecified atom stereocenters. The molecule has 1 N–H and O–H groups in total. The Balaban J connectivity index is 2.35. The largest absolute Gasteiger partial charge is 0.457 e. The lowest BCUT2D eigenvalue weighted by Crippen LogP contribution is -2.44. The van der Waals surface area contributed by atoms with Crippen molar-refractivity contribution in [3.8, 4) is 0 Å². The summed E-state index contributed by atoms with van der Waals surface area (Å²) in [5.74, 6) is -0.106. The molecule has 100 valence electrons. The van der Waals surface area contributed by atoms with Gasteiger partial charge in [-0.1, -0.05) is 0 Å². The Morgan fingerprint density at radius 3 is 2.50 bits per heavy atom. The zero-order chi connectivity index (χ0) is 13.7. The number of aryl methyl sites for hydroxylation is 1. The highest BCUT2D eigenvalue weighted by molar-refractivity contribution is 5.87. The molecule has 1 atom stereocenters. The van der Waals surface area contributed by atoms with Gasteiger partial charge in [0.1, 0.15) is 19.3 Å². The number of likely N-dealkylation sites (N-methyl/N-ethyl adjacent to an activating group) is 1. The van der Waals surface area contributed by atoms with E-state index in [0.29, 0.717) is 4.68 Å². The van der Waals surface area contributed by atoms with E-state index in [4.69, 9.17) is 0 Å². The van der Waals surface area contributed by atoms with Crippen molar-refractivity contribution in [1.82, 2.24) is 9.78 Å². The Kier molecular flexibility index (Phi) is 2.63. The van der Waals surface area contributed by atoms with Crippen LogP contribution < -0.4 is 4.90 Å². The number of carbonyl (C=O) groups is 1. The Morgan fingerprint density at radius 1 is 1.50 bits per heavy atom. The van der Waals surface area contributed by atoms with E-state index < -0.39 is 22.5 Å². The van der Waals surface area contributed by atoms with E-state index >= 15 is 0 Å². The molecule has 1 saturated heterocycles. The van der Waals surface area contributed by atoms with Gasteiger partial charge < -0.3 is 0 Å². The molecular weight excluding hydrogens is 253 g/mol. The summed E-state index contributed by atoms with van der Waals surface area (Å²) in [6.07, 6.45) is -4.53. The molecule has 1 aliphatic heterocycles.